The highest BCUT2D eigenvalue weighted by atomic mass is 16.5. The molecule has 21 heavy (non-hydrogen) atoms. The summed E-state index contributed by atoms with van der Waals surface area (Å²) in [5.74, 6) is 0.372. The van der Waals surface area contributed by atoms with Crippen molar-refractivity contribution < 1.29 is 19.2 Å². The van der Waals surface area contributed by atoms with Gasteiger partial charge in [0.1, 0.15) is 0 Å². The summed E-state index contributed by atoms with van der Waals surface area (Å²) in [6.07, 6.45) is -0.961. The molecule has 1 aromatic heterocycles. The lowest BCUT2D eigenvalue weighted by molar-refractivity contribution is 0.115. The third kappa shape index (κ3) is 2.60. The number of para-hydroxylation sites is 1. The molecule has 8 nitrogen and oxygen atoms in total. The Labute approximate surface area is 119 Å². The lowest BCUT2D eigenvalue weighted by Crippen LogP contribution is -2.51. The highest BCUT2D eigenvalue weighted by molar-refractivity contribution is 5.98. The summed E-state index contributed by atoms with van der Waals surface area (Å²) in [5.41, 5.74) is 0.600. The summed E-state index contributed by atoms with van der Waals surface area (Å²) in [6.45, 7) is 1.33. The summed E-state index contributed by atoms with van der Waals surface area (Å²) in [4.78, 5) is 25.8. The zero-order valence-corrected chi connectivity index (χ0v) is 11.2. The Kier molecular flexibility index (Phi) is 3.35. The van der Waals surface area contributed by atoms with Crippen molar-refractivity contribution in [2.75, 3.05) is 31.5 Å². The van der Waals surface area contributed by atoms with Crippen molar-refractivity contribution in [3.63, 3.8) is 0 Å². The summed E-state index contributed by atoms with van der Waals surface area (Å²) in [7, 11) is 0. The zero-order chi connectivity index (χ0) is 14.8. The number of nitrogens with one attached hydrogen (secondary N) is 1. The average Bonchev–Trinajstić information content (AvgIpc) is 2.91. The first-order valence-corrected chi connectivity index (χ1v) is 6.53. The number of hydrogen-bond acceptors (Lipinski definition) is 4. The number of piperazine rings is 1. The fraction of sp³-hybridized carbons (Fsp3) is 0.308. The van der Waals surface area contributed by atoms with Gasteiger partial charge in [-0.3, -0.25) is 5.32 Å². The Bertz CT molecular complexity index is 676. The molecule has 0 saturated carbocycles. The van der Waals surface area contributed by atoms with E-state index in [9.17, 15) is 9.59 Å². The van der Waals surface area contributed by atoms with E-state index in [2.05, 4.69) is 10.5 Å². The Morgan fingerprint density at radius 3 is 2.52 bits per heavy atom. The molecule has 3 amide bonds. The van der Waals surface area contributed by atoms with Crippen molar-refractivity contribution in [2.45, 2.75) is 0 Å². The number of urea groups is 1. The van der Waals surface area contributed by atoms with E-state index in [1.54, 1.807) is 11.0 Å². The molecule has 2 heterocycles. The van der Waals surface area contributed by atoms with Crippen LogP contribution < -0.4 is 5.32 Å². The normalized spacial score (nSPS) is 15.2. The minimum absolute atomic E-state index is 0.306. The molecule has 2 N–H and O–H groups in total. The molecule has 0 bridgehead atoms. The smallest absolute Gasteiger partial charge is 0.407 e. The van der Waals surface area contributed by atoms with Gasteiger partial charge in [-0.1, -0.05) is 17.3 Å². The SMILES string of the molecule is O=C(O)N1CCN(C(=O)Nc2noc3ccccc23)CC1. The quantitative estimate of drug-likeness (QED) is 0.832. The van der Waals surface area contributed by atoms with E-state index in [0.29, 0.717) is 37.6 Å². The van der Waals surface area contributed by atoms with Gasteiger partial charge in [-0.2, -0.15) is 0 Å². The van der Waals surface area contributed by atoms with Crippen LogP contribution in [-0.4, -0.2) is 58.4 Å². The average molecular weight is 290 g/mol. The number of carbonyl (C=O) groups excluding carboxylic acids is 1. The van der Waals surface area contributed by atoms with E-state index in [-0.39, 0.29) is 6.03 Å². The molecule has 0 spiro atoms. The summed E-state index contributed by atoms with van der Waals surface area (Å²) in [5, 5.41) is 16.1. The van der Waals surface area contributed by atoms with Crippen LogP contribution in [0, 0.1) is 0 Å². The van der Waals surface area contributed by atoms with E-state index >= 15 is 0 Å². The molecule has 8 heteroatoms. The van der Waals surface area contributed by atoms with E-state index in [4.69, 9.17) is 9.63 Å². The number of carbonyl (C=O) groups is 2. The zero-order valence-electron chi connectivity index (χ0n) is 11.2. The van der Waals surface area contributed by atoms with Gasteiger partial charge in [0.2, 0.25) is 0 Å². The summed E-state index contributed by atoms with van der Waals surface area (Å²) >= 11 is 0. The minimum atomic E-state index is -0.961. The predicted molar refractivity (Wildman–Crippen MR) is 74.2 cm³/mol. The van der Waals surface area contributed by atoms with Crippen molar-refractivity contribution in [2.24, 2.45) is 0 Å². The Hall–Kier alpha value is -2.77. The number of nitrogens with zero attached hydrogens (tertiary/aromatic N) is 3. The number of rotatable bonds is 1. The van der Waals surface area contributed by atoms with E-state index in [1.807, 2.05) is 18.2 Å². The number of fused-ring (bicyclic) bond motifs is 1. The first kappa shape index (κ1) is 13.2. The van der Waals surface area contributed by atoms with Crippen LogP contribution in [0.5, 0.6) is 0 Å². The number of aromatic nitrogens is 1. The van der Waals surface area contributed by atoms with Gasteiger partial charge in [-0.25, -0.2) is 9.59 Å². The van der Waals surface area contributed by atoms with E-state index in [1.165, 1.54) is 4.90 Å². The van der Waals surface area contributed by atoms with Crippen LogP contribution >= 0.6 is 0 Å². The molecule has 0 aliphatic carbocycles. The number of benzene rings is 1. The van der Waals surface area contributed by atoms with Crippen molar-refractivity contribution in [3.8, 4) is 0 Å². The number of carboxylic acid groups (broad SMARTS) is 1. The van der Waals surface area contributed by atoms with Gasteiger partial charge in [-0.05, 0) is 12.1 Å². The van der Waals surface area contributed by atoms with Crippen LogP contribution in [0.1, 0.15) is 0 Å². The van der Waals surface area contributed by atoms with Crippen molar-refractivity contribution in [3.05, 3.63) is 24.3 Å². The van der Waals surface area contributed by atoms with Gasteiger partial charge in [0.25, 0.3) is 0 Å². The minimum Gasteiger partial charge on any atom is -0.465 e. The van der Waals surface area contributed by atoms with Gasteiger partial charge in [-0.15, -0.1) is 0 Å². The maximum atomic E-state index is 12.2. The Morgan fingerprint density at radius 1 is 1.14 bits per heavy atom. The van der Waals surface area contributed by atoms with Gasteiger partial charge < -0.3 is 19.4 Å². The molecule has 1 aliphatic rings. The van der Waals surface area contributed by atoms with Gasteiger partial charge in [0.15, 0.2) is 11.4 Å². The van der Waals surface area contributed by atoms with Crippen molar-refractivity contribution >= 4 is 28.9 Å². The second-order valence-electron chi connectivity index (χ2n) is 4.71. The molecule has 1 fully saturated rings. The summed E-state index contributed by atoms with van der Waals surface area (Å²) < 4.78 is 5.12. The number of hydrogen-bond donors (Lipinski definition) is 2. The van der Waals surface area contributed by atoms with Crippen LogP contribution in [0.4, 0.5) is 15.4 Å². The third-order valence-corrected chi connectivity index (χ3v) is 3.44. The molecule has 0 radical (unpaired) electrons. The molecule has 0 atom stereocenters. The van der Waals surface area contributed by atoms with Crippen LogP contribution in [0.3, 0.4) is 0 Å². The third-order valence-electron chi connectivity index (χ3n) is 3.44. The van der Waals surface area contributed by atoms with Crippen LogP contribution in [-0.2, 0) is 0 Å². The topological polar surface area (TPSA) is 98.9 Å². The molecule has 1 aliphatic heterocycles. The van der Waals surface area contributed by atoms with Gasteiger partial charge in [0.05, 0.1) is 5.39 Å². The first-order chi connectivity index (χ1) is 10.1. The number of anilines is 1. The Morgan fingerprint density at radius 2 is 1.81 bits per heavy atom. The number of amides is 3. The molecule has 1 aromatic carbocycles. The summed E-state index contributed by atoms with van der Waals surface area (Å²) in [6, 6.07) is 6.93. The highest BCUT2D eigenvalue weighted by Crippen LogP contribution is 2.22. The molecular formula is C13H14N4O4. The van der Waals surface area contributed by atoms with Crippen LogP contribution in [0.2, 0.25) is 0 Å². The molecule has 2 aromatic rings. The molecule has 110 valence electrons. The maximum absolute atomic E-state index is 12.2. The monoisotopic (exact) mass is 290 g/mol. The standard InChI is InChI=1S/C13H14N4O4/c18-12(16-5-7-17(8-6-16)13(19)20)14-11-9-3-1-2-4-10(9)21-15-11/h1-4H,5-8H2,(H,19,20)(H,14,15,18). The molecular weight excluding hydrogens is 276 g/mol. The molecule has 0 unspecified atom stereocenters. The first-order valence-electron chi connectivity index (χ1n) is 6.53. The molecule has 1 saturated heterocycles. The van der Waals surface area contributed by atoms with E-state index in [0.717, 1.165) is 5.39 Å². The lowest BCUT2D eigenvalue weighted by Gasteiger charge is -2.32. The lowest BCUT2D eigenvalue weighted by atomic mass is 10.2. The second kappa shape index (κ2) is 5.31. The predicted octanol–water partition coefficient (Wildman–Crippen LogP) is 1.66. The van der Waals surface area contributed by atoms with Gasteiger partial charge >= 0.3 is 12.1 Å². The molecule has 3 rings (SSSR count). The maximum Gasteiger partial charge on any atom is 0.407 e. The Balaban J connectivity index is 1.66. The van der Waals surface area contributed by atoms with Gasteiger partial charge in [0, 0.05) is 26.2 Å². The van der Waals surface area contributed by atoms with Crippen LogP contribution in [0.25, 0.3) is 11.0 Å². The fourth-order valence-electron chi connectivity index (χ4n) is 2.26. The van der Waals surface area contributed by atoms with E-state index < -0.39 is 6.09 Å². The van der Waals surface area contributed by atoms with Crippen molar-refractivity contribution in [1.82, 2.24) is 15.0 Å². The van der Waals surface area contributed by atoms with Crippen LogP contribution in [0.15, 0.2) is 28.8 Å². The largest absolute Gasteiger partial charge is 0.465 e. The van der Waals surface area contributed by atoms with Crippen molar-refractivity contribution in [1.29, 1.82) is 0 Å². The fourth-order valence-corrected chi connectivity index (χ4v) is 2.26. The highest BCUT2D eigenvalue weighted by Gasteiger charge is 2.24. The second-order valence-corrected chi connectivity index (χ2v) is 4.71.